The molecular weight excluding hydrogens is 166 g/mol. The molecule has 0 radical (unpaired) electrons. The Hall–Kier alpha value is -1.25. The van der Waals surface area contributed by atoms with Gasteiger partial charge in [0.2, 0.25) is 0 Å². The molecule has 13 heavy (non-hydrogen) atoms. The van der Waals surface area contributed by atoms with Crippen LogP contribution in [-0.4, -0.2) is 23.6 Å². The van der Waals surface area contributed by atoms with Crippen molar-refractivity contribution < 1.29 is 9.53 Å². The van der Waals surface area contributed by atoms with Gasteiger partial charge in [-0.05, 0) is 19.4 Å². The second-order valence-electron chi connectivity index (χ2n) is 3.02. The SMILES string of the molecule is CCC(C)OC(=O)N1C=CC=CC1. The summed E-state index contributed by atoms with van der Waals surface area (Å²) in [7, 11) is 0. The van der Waals surface area contributed by atoms with Gasteiger partial charge in [0, 0.05) is 12.7 Å². The first-order chi connectivity index (χ1) is 6.24. The van der Waals surface area contributed by atoms with Crippen LogP contribution < -0.4 is 0 Å². The molecule has 0 spiro atoms. The summed E-state index contributed by atoms with van der Waals surface area (Å²) < 4.78 is 5.14. The summed E-state index contributed by atoms with van der Waals surface area (Å²) in [6.45, 7) is 4.48. The van der Waals surface area contributed by atoms with E-state index in [1.54, 1.807) is 11.1 Å². The molecule has 0 aromatic rings. The van der Waals surface area contributed by atoms with Crippen LogP contribution in [0.4, 0.5) is 4.79 Å². The highest BCUT2D eigenvalue weighted by molar-refractivity contribution is 5.69. The number of allylic oxidation sites excluding steroid dienone is 2. The van der Waals surface area contributed by atoms with Gasteiger partial charge in [-0.15, -0.1) is 0 Å². The van der Waals surface area contributed by atoms with E-state index in [2.05, 4.69) is 0 Å². The van der Waals surface area contributed by atoms with Crippen molar-refractivity contribution in [3.05, 3.63) is 24.4 Å². The summed E-state index contributed by atoms with van der Waals surface area (Å²) in [6, 6.07) is 0. The van der Waals surface area contributed by atoms with E-state index < -0.39 is 0 Å². The Balaban J connectivity index is 2.39. The van der Waals surface area contributed by atoms with Crippen molar-refractivity contribution in [1.82, 2.24) is 4.90 Å². The summed E-state index contributed by atoms with van der Waals surface area (Å²) in [5, 5.41) is 0. The van der Waals surface area contributed by atoms with E-state index >= 15 is 0 Å². The lowest BCUT2D eigenvalue weighted by molar-refractivity contribution is 0.0822. The average molecular weight is 181 g/mol. The summed E-state index contributed by atoms with van der Waals surface area (Å²) >= 11 is 0. The highest BCUT2D eigenvalue weighted by Gasteiger charge is 2.14. The van der Waals surface area contributed by atoms with Crippen molar-refractivity contribution in [2.75, 3.05) is 6.54 Å². The van der Waals surface area contributed by atoms with Crippen LogP contribution in [0.1, 0.15) is 20.3 Å². The molecule has 1 aliphatic heterocycles. The summed E-state index contributed by atoms with van der Waals surface area (Å²) in [4.78, 5) is 12.9. The van der Waals surface area contributed by atoms with Gasteiger partial charge >= 0.3 is 6.09 Å². The fraction of sp³-hybridized carbons (Fsp3) is 0.500. The van der Waals surface area contributed by atoms with Crippen LogP contribution in [0.3, 0.4) is 0 Å². The van der Waals surface area contributed by atoms with Crippen molar-refractivity contribution in [3.8, 4) is 0 Å². The molecule has 0 fully saturated rings. The van der Waals surface area contributed by atoms with Gasteiger partial charge in [-0.25, -0.2) is 4.79 Å². The maximum Gasteiger partial charge on any atom is 0.414 e. The summed E-state index contributed by atoms with van der Waals surface area (Å²) in [5.74, 6) is 0. The zero-order valence-corrected chi connectivity index (χ0v) is 8.06. The second kappa shape index (κ2) is 4.70. The predicted octanol–water partition coefficient (Wildman–Crippen LogP) is 2.31. The summed E-state index contributed by atoms with van der Waals surface area (Å²) in [5.41, 5.74) is 0. The van der Waals surface area contributed by atoms with Crippen molar-refractivity contribution >= 4 is 6.09 Å². The minimum atomic E-state index is -0.269. The molecule has 1 atom stereocenters. The minimum absolute atomic E-state index is 0.00759. The standard InChI is InChI=1S/C10H15NO2/c1-3-9(2)13-10(12)11-7-5-4-6-8-11/h4-7,9H,3,8H2,1-2H3. The third-order valence-electron chi connectivity index (χ3n) is 1.93. The molecule has 1 amide bonds. The van der Waals surface area contributed by atoms with E-state index in [4.69, 9.17) is 4.74 Å². The molecule has 0 N–H and O–H groups in total. The topological polar surface area (TPSA) is 29.5 Å². The quantitative estimate of drug-likeness (QED) is 0.654. The van der Waals surface area contributed by atoms with E-state index in [1.165, 1.54) is 0 Å². The first-order valence-corrected chi connectivity index (χ1v) is 4.54. The van der Waals surface area contributed by atoms with Gasteiger partial charge in [0.05, 0.1) is 0 Å². The maximum absolute atomic E-state index is 11.4. The smallest absolute Gasteiger partial charge is 0.414 e. The largest absolute Gasteiger partial charge is 0.446 e. The third kappa shape index (κ3) is 2.93. The van der Waals surface area contributed by atoms with E-state index in [0.29, 0.717) is 6.54 Å². The molecule has 1 unspecified atom stereocenters. The predicted molar refractivity (Wildman–Crippen MR) is 51.2 cm³/mol. The van der Waals surface area contributed by atoms with Gasteiger partial charge in [-0.3, -0.25) is 4.90 Å². The van der Waals surface area contributed by atoms with Crippen LogP contribution in [0, 0.1) is 0 Å². The Morgan fingerprint density at radius 2 is 2.38 bits per heavy atom. The monoisotopic (exact) mass is 181 g/mol. The molecule has 0 saturated heterocycles. The number of carbonyl (C=O) groups excluding carboxylic acids is 1. The van der Waals surface area contributed by atoms with Gasteiger partial charge in [0.25, 0.3) is 0 Å². The zero-order valence-electron chi connectivity index (χ0n) is 8.06. The Morgan fingerprint density at radius 3 is 2.92 bits per heavy atom. The van der Waals surface area contributed by atoms with Gasteiger partial charge in [0.1, 0.15) is 6.10 Å². The van der Waals surface area contributed by atoms with Crippen molar-refractivity contribution in [1.29, 1.82) is 0 Å². The highest BCUT2D eigenvalue weighted by Crippen LogP contribution is 2.05. The molecule has 1 heterocycles. The maximum atomic E-state index is 11.4. The molecule has 0 saturated carbocycles. The highest BCUT2D eigenvalue weighted by atomic mass is 16.6. The lowest BCUT2D eigenvalue weighted by atomic mass is 10.3. The molecule has 3 heteroatoms. The number of carbonyl (C=O) groups is 1. The van der Waals surface area contributed by atoms with Gasteiger partial charge in [-0.2, -0.15) is 0 Å². The second-order valence-corrected chi connectivity index (χ2v) is 3.02. The Kier molecular flexibility index (Phi) is 3.55. The molecule has 3 nitrogen and oxygen atoms in total. The zero-order chi connectivity index (χ0) is 9.68. The fourth-order valence-electron chi connectivity index (χ4n) is 0.926. The van der Waals surface area contributed by atoms with Crippen LogP contribution in [0.15, 0.2) is 24.4 Å². The minimum Gasteiger partial charge on any atom is -0.446 e. The molecule has 0 aromatic carbocycles. The molecule has 1 rings (SSSR count). The van der Waals surface area contributed by atoms with E-state index in [0.717, 1.165) is 6.42 Å². The molecule has 72 valence electrons. The third-order valence-corrected chi connectivity index (χ3v) is 1.93. The fourth-order valence-corrected chi connectivity index (χ4v) is 0.926. The lowest BCUT2D eigenvalue weighted by Crippen LogP contribution is -2.30. The molecule has 0 aliphatic carbocycles. The molecule has 1 aliphatic rings. The van der Waals surface area contributed by atoms with Crippen LogP contribution >= 0.6 is 0 Å². The van der Waals surface area contributed by atoms with Gasteiger partial charge in [-0.1, -0.05) is 19.1 Å². The Labute approximate surface area is 78.7 Å². The average Bonchev–Trinajstić information content (AvgIpc) is 2.19. The molecule has 0 aromatic heterocycles. The van der Waals surface area contributed by atoms with Crippen LogP contribution in [0.25, 0.3) is 0 Å². The first-order valence-electron chi connectivity index (χ1n) is 4.54. The summed E-state index contributed by atoms with van der Waals surface area (Å²) in [6.07, 6.45) is 7.94. The number of nitrogens with zero attached hydrogens (tertiary/aromatic N) is 1. The van der Waals surface area contributed by atoms with Gasteiger partial charge in [0.15, 0.2) is 0 Å². The number of hydrogen-bond donors (Lipinski definition) is 0. The number of amides is 1. The lowest BCUT2D eigenvalue weighted by Gasteiger charge is -2.20. The van der Waals surface area contributed by atoms with E-state index in [-0.39, 0.29) is 12.2 Å². The Morgan fingerprint density at radius 1 is 1.62 bits per heavy atom. The van der Waals surface area contributed by atoms with E-state index in [1.807, 2.05) is 32.1 Å². The molecule has 0 bridgehead atoms. The van der Waals surface area contributed by atoms with E-state index in [9.17, 15) is 4.79 Å². The molecular formula is C10H15NO2. The number of hydrogen-bond acceptors (Lipinski definition) is 2. The van der Waals surface area contributed by atoms with Crippen LogP contribution in [0.5, 0.6) is 0 Å². The van der Waals surface area contributed by atoms with Crippen molar-refractivity contribution in [2.45, 2.75) is 26.4 Å². The first kappa shape index (κ1) is 9.84. The van der Waals surface area contributed by atoms with Crippen molar-refractivity contribution in [2.24, 2.45) is 0 Å². The van der Waals surface area contributed by atoms with Gasteiger partial charge < -0.3 is 4.74 Å². The number of rotatable bonds is 2. The number of ether oxygens (including phenoxy) is 1. The van der Waals surface area contributed by atoms with Crippen molar-refractivity contribution in [3.63, 3.8) is 0 Å². The van der Waals surface area contributed by atoms with Crippen LogP contribution in [0.2, 0.25) is 0 Å². The Bertz CT molecular complexity index is 233. The van der Waals surface area contributed by atoms with Crippen LogP contribution in [-0.2, 0) is 4.74 Å². The normalized spacial score (nSPS) is 17.2.